The Hall–Kier alpha value is -2.71. The van der Waals surface area contributed by atoms with Gasteiger partial charge in [-0.25, -0.2) is 13.2 Å². The predicted molar refractivity (Wildman–Crippen MR) is 120 cm³/mol. The Morgan fingerprint density at radius 3 is 2.26 bits per heavy atom. The highest BCUT2D eigenvalue weighted by atomic mass is 32.2. The van der Waals surface area contributed by atoms with Gasteiger partial charge in [0.25, 0.3) is 0 Å². The molecular weight excluding hydrogens is 416 g/mol. The predicted octanol–water partition coefficient (Wildman–Crippen LogP) is 3.67. The molecule has 8 heteroatoms. The molecule has 0 aliphatic rings. The van der Waals surface area contributed by atoms with Crippen molar-refractivity contribution in [3.8, 4) is 0 Å². The number of Topliss-reactive ketones (excluding diaryl/α,β-unsaturated/α-hetero) is 1. The normalized spacial score (nSPS) is 11.5. The first-order valence-corrected chi connectivity index (χ1v) is 11.6. The molecule has 0 unspecified atom stereocenters. The number of ketones is 1. The monoisotopic (exact) mass is 446 g/mol. The highest BCUT2D eigenvalue weighted by Crippen LogP contribution is 2.25. The maximum absolute atomic E-state index is 13.3. The summed E-state index contributed by atoms with van der Waals surface area (Å²) in [4.78, 5) is 25.8. The number of hydrogen-bond acceptors (Lipinski definition) is 5. The second-order valence-corrected chi connectivity index (χ2v) is 9.16. The number of sulfonamides is 1. The zero-order valence-corrected chi connectivity index (χ0v) is 19.6. The van der Waals surface area contributed by atoms with Crippen molar-refractivity contribution in [3.05, 3.63) is 65.0 Å². The van der Waals surface area contributed by atoms with Crippen molar-refractivity contribution in [1.82, 2.24) is 8.87 Å². The average molecular weight is 447 g/mol. The van der Waals surface area contributed by atoms with Crippen molar-refractivity contribution in [3.63, 3.8) is 0 Å². The van der Waals surface area contributed by atoms with Crippen LogP contribution in [0.4, 0.5) is 0 Å². The van der Waals surface area contributed by atoms with Gasteiger partial charge in [0.2, 0.25) is 10.0 Å². The van der Waals surface area contributed by atoms with Crippen molar-refractivity contribution in [2.24, 2.45) is 0 Å². The van der Waals surface area contributed by atoms with E-state index in [4.69, 9.17) is 4.74 Å². The second kappa shape index (κ2) is 10.1. The molecule has 0 saturated carbocycles. The third kappa shape index (κ3) is 4.97. The van der Waals surface area contributed by atoms with Gasteiger partial charge in [-0.3, -0.25) is 4.79 Å². The SMILES string of the molecule is C=CCN(CC(=O)c1c(C)c(C(=O)OCC)n(CC)c1C)S(=O)(=O)c1ccc(C)cc1. The summed E-state index contributed by atoms with van der Waals surface area (Å²) in [6.45, 7) is 12.8. The van der Waals surface area contributed by atoms with Gasteiger partial charge in [-0.15, -0.1) is 6.58 Å². The molecule has 0 spiro atoms. The van der Waals surface area contributed by atoms with Gasteiger partial charge in [0.15, 0.2) is 5.78 Å². The molecule has 0 saturated heterocycles. The minimum atomic E-state index is -3.90. The van der Waals surface area contributed by atoms with Crippen LogP contribution in [0.5, 0.6) is 0 Å². The summed E-state index contributed by atoms with van der Waals surface area (Å²) in [5.41, 5.74) is 2.71. The Bertz CT molecular complexity index is 1080. The van der Waals surface area contributed by atoms with E-state index < -0.39 is 16.0 Å². The van der Waals surface area contributed by atoms with Crippen LogP contribution in [0.2, 0.25) is 0 Å². The molecule has 0 fully saturated rings. The highest BCUT2D eigenvalue weighted by molar-refractivity contribution is 7.89. The molecule has 0 N–H and O–H groups in total. The van der Waals surface area contributed by atoms with E-state index in [-0.39, 0.29) is 30.4 Å². The summed E-state index contributed by atoms with van der Waals surface area (Å²) < 4.78 is 34.3. The van der Waals surface area contributed by atoms with Crippen LogP contribution in [-0.4, -0.2) is 48.7 Å². The van der Waals surface area contributed by atoms with Crippen LogP contribution >= 0.6 is 0 Å². The average Bonchev–Trinajstić information content (AvgIpc) is 2.97. The largest absolute Gasteiger partial charge is 0.461 e. The molecule has 0 radical (unpaired) electrons. The molecule has 0 amide bonds. The van der Waals surface area contributed by atoms with E-state index in [9.17, 15) is 18.0 Å². The number of hydrogen-bond donors (Lipinski definition) is 0. The number of ether oxygens (including phenoxy) is 1. The number of esters is 1. The molecule has 1 heterocycles. The Morgan fingerprint density at radius 2 is 1.74 bits per heavy atom. The summed E-state index contributed by atoms with van der Waals surface area (Å²) in [5.74, 6) is -0.885. The third-order valence-corrected chi connectivity index (χ3v) is 6.97. The number of aromatic nitrogens is 1. The fourth-order valence-corrected chi connectivity index (χ4v) is 5.02. The zero-order chi connectivity index (χ0) is 23.3. The van der Waals surface area contributed by atoms with Crippen molar-refractivity contribution >= 4 is 21.8 Å². The Balaban J connectivity index is 2.47. The fraction of sp³-hybridized carbons (Fsp3) is 0.391. The number of carbonyl (C=O) groups is 2. The van der Waals surface area contributed by atoms with Crippen LogP contribution in [0.25, 0.3) is 0 Å². The van der Waals surface area contributed by atoms with Crippen LogP contribution in [-0.2, 0) is 21.3 Å². The maximum atomic E-state index is 13.3. The lowest BCUT2D eigenvalue weighted by atomic mass is 10.1. The lowest BCUT2D eigenvalue weighted by Gasteiger charge is -2.20. The fourth-order valence-electron chi connectivity index (χ4n) is 3.65. The molecular formula is C23H30N2O5S. The smallest absolute Gasteiger partial charge is 0.355 e. The van der Waals surface area contributed by atoms with E-state index in [2.05, 4.69) is 6.58 Å². The topological polar surface area (TPSA) is 85.7 Å². The molecule has 0 aliphatic carbocycles. The van der Waals surface area contributed by atoms with E-state index >= 15 is 0 Å². The van der Waals surface area contributed by atoms with Crippen LogP contribution < -0.4 is 0 Å². The van der Waals surface area contributed by atoms with Gasteiger partial charge >= 0.3 is 5.97 Å². The van der Waals surface area contributed by atoms with Crippen molar-refractivity contribution < 1.29 is 22.7 Å². The highest BCUT2D eigenvalue weighted by Gasteiger charge is 2.31. The molecule has 0 atom stereocenters. The van der Waals surface area contributed by atoms with E-state index in [0.717, 1.165) is 9.87 Å². The number of carbonyl (C=O) groups excluding carboxylic acids is 2. The molecule has 0 bridgehead atoms. The van der Waals surface area contributed by atoms with Gasteiger partial charge in [-0.1, -0.05) is 23.8 Å². The lowest BCUT2D eigenvalue weighted by molar-refractivity contribution is 0.0512. The van der Waals surface area contributed by atoms with Gasteiger partial charge in [0.05, 0.1) is 18.0 Å². The molecule has 1 aromatic carbocycles. The van der Waals surface area contributed by atoms with Crippen LogP contribution in [0, 0.1) is 20.8 Å². The third-order valence-electron chi connectivity index (χ3n) is 5.14. The van der Waals surface area contributed by atoms with E-state index in [1.165, 1.54) is 18.2 Å². The minimum Gasteiger partial charge on any atom is -0.461 e. The van der Waals surface area contributed by atoms with Crippen LogP contribution in [0.1, 0.15) is 51.5 Å². The second-order valence-electron chi connectivity index (χ2n) is 7.22. The molecule has 31 heavy (non-hydrogen) atoms. The van der Waals surface area contributed by atoms with E-state index in [1.807, 2.05) is 13.8 Å². The molecule has 7 nitrogen and oxygen atoms in total. The van der Waals surface area contributed by atoms with E-state index in [1.54, 1.807) is 37.5 Å². The van der Waals surface area contributed by atoms with E-state index in [0.29, 0.717) is 29.1 Å². The van der Waals surface area contributed by atoms with Gasteiger partial charge in [-0.2, -0.15) is 4.31 Å². The van der Waals surface area contributed by atoms with Crippen LogP contribution in [0.15, 0.2) is 41.8 Å². The quantitative estimate of drug-likeness (QED) is 0.316. The van der Waals surface area contributed by atoms with Gasteiger partial charge in [-0.05, 0) is 52.3 Å². The minimum absolute atomic E-state index is 0.0146. The van der Waals surface area contributed by atoms with Crippen molar-refractivity contribution in [1.29, 1.82) is 0 Å². The summed E-state index contributed by atoms with van der Waals surface area (Å²) in [7, 11) is -3.90. The van der Waals surface area contributed by atoms with Gasteiger partial charge < -0.3 is 9.30 Å². The first-order chi connectivity index (χ1) is 14.6. The molecule has 168 valence electrons. The summed E-state index contributed by atoms with van der Waals surface area (Å²) >= 11 is 0. The standard InChI is InChI=1S/C23H30N2O5S/c1-7-14-24(31(28,29)19-12-10-16(4)11-13-19)15-20(26)21-17(5)22(23(27)30-9-3)25(8-2)18(21)6/h7,10-13H,1,8-9,14-15H2,2-6H3. The maximum Gasteiger partial charge on any atom is 0.355 e. The summed E-state index contributed by atoms with van der Waals surface area (Å²) in [6, 6.07) is 6.46. The summed E-state index contributed by atoms with van der Waals surface area (Å²) in [6.07, 6.45) is 1.44. The molecule has 0 aliphatic heterocycles. The first kappa shape index (κ1) is 24.6. The summed E-state index contributed by atoms with van der Waals surface area (Å²) in [5, 5.41) is 0. The van der Waals surface area contributed by atoms with Gasteiger partial charge in [0.1, 0.15) is 5.69 Å². The van der Waals surface area contributed by atoms with Crippen molar-refractivity contribution in [2.45, 2.75) is 46.1 Å². The zero-order valence-electron chi connectivity index (χ0n) is 18.8. The lowest BCUT2D eigenvalue weighted by Crippen LogP contribution is -2.36. The van der Waals surface area contributed by atoms with Crippen LogP contribution in [0.3, 0.4) is 0 Å². The van der Waals surface area contributed by atoms with Gasteiger partial charge in [0, 0.05) is 24.3 Å². The molecule has 2 rings (SSSR count). The molecule has 2 aromatic rings. The molecule has 1 aromatic heterocycles. The number of rotatable bonds is 10. The number of aryl methyl sites for hydroxylation is 1. The number of benzene rings is 1. The van der Waals surface area contributed by atoms with Crippen molar-refractivity contribution in [2.75, 3.05) is 19.7 Å². The number of nitrogens with zero attached hydrogens (tertiary/aromatic N) is 2. The Kier molecular flexibility index (Phi) is 7.97. The Morgan fingerprint density at radius 1 is 1.13 bits per heavy atom. The first-order valence-electron chi connectivity index (χ1n) is 10.2. The Labute approximate surface area is 184 Å².